The van der Waals surface area contributed by atoms with E-state index in [1.807, 2.05) is 0 Å². The van der Waals surface area contributed by atoms with E-state index in [0.29, 0.717) is 12.0 Å². The standard InChI is InChI=1S/C11H11O4/c1-3-11(13)15-10-5-4-9(14-2)6-8(10)7-12/h3-7H,1-2H3. The van der Waals surface area contributed by atoms with Gasteiger partial charge in [-0.05, 0) is 18.2 Å². The van der Waals surface area contributed by atoms with Crippen molar-refractivity contribution < 1.29 is 19.1 Å². The third kappa shape index (κ3) is 2.80. The Morgan fingerprint density at radius 3 is 2.67 bits per heavy atom. The van der Waals surface area contributed by atoms with Crippen LogP contribution in [0.3, 0.4) is 0 Å². The molecular weight excluding hydrogens is 196 g/mol. The fraction of sp³-hybridized carbons (Fsp3) is 0.182. The molecule has 0 spiro atoms. The fourth-order valence-electron chi connectivity index (χ4n) is 1.01. The van der Waals surface area contributed by atoms with Crippen LogP contribution in [0.4, 0.5) is 0 Å². The largest absolute Gasteiger partial charge is 0.497 e. The molecule has 0 saturated heterocycles. The van der Waals surface area contributed by atoms with E-state index in [1.54, 1.807) is 13.0 Å². The van der Waals surface area contributed by atoms with Gasteiger partial charge in [0.1, 0.15) is 11.5 Å². The monoisotopic (exact) mass is 207 g/mol. The van der Waals surface area contributed by atoms with Gasteiger partial charge >= 0.3 is 5.97 Å². The first-order valence-corrected chi connectivity index (χ1v) is 4.35. The van der Waals surface area contributed by atoms with Crippen molar-refractivity contribution in [1.82, 2.24) is 0 Å². The Bertz CT molecular complexity index is 371. The second-order valence-corrected chi connectivity index (χ2v) is 2.73. The maximum absolute atomic E-state index is 11.0. The molecule has 0 fully saturated rings. The predicted molar refractivity (Wildman–Crippen MR) is 54.0 cm³/mol. The molecule has 0 atom stereocenters. The molecule has 0 unspecified atom stereocenters. The first-order chi connectivity index (χ1) is 7.21. The molecular formula is C11H11O4. The van der Waals surface area contributed by atoms with Crippen LogP contribution in [-0.2, 0) is 4.79 Å². The van der Waals surface area contributed by atoms with Crippen molar-refractivity contribution in [3.8, 4) is 11.5 Å². The number of rotatable bonds is 4. The lowest BCUT2D eigenvalue weighted by atomic mass is 10.2. The molecule has 0 N–H and O–H groups in total. The maximum Gasteiger partial charge on any atom is 0.314 e. The van der Waals surface area contributed by atoms with Gasteiger partial charge in [-0.25, -0.2) is 0 Å². The number of hydrogen-bond donors (Lipinski definition) is 0. The van der Waals surface area contributed by atoms with Gasteiger partial charge in [0.25, 0.3) is 0 Å². The van der Waals surface area contributed by atoms with Crippen LogP contribution in [0.15, 0.2) is 18.2 Å². The summed E-state index contributed by atoms with van der Waals surface area (Å²) in [5.74, 6) is 0.273. The van der Waals surface area contributed by atoms with Crippen molar-refractivity contribution in [1.29, 1.82) is 0 Å². The Hall–Kier alpha value is -1.84. The minimum absolute atomic E-state index is 0.230. The molecule has 0 bridgehead atoms. The first kappa shape index (κ1) is 11.2. The highest BCUT2D eigenvalue weighted by Gasteiger charge is 2.08. The molecule has 0 saturated carbocycles. The van der Waals surface area contributed by atoms with Crippen molar-refractivity contribution in [3.05, 3.63) is 30.2 Å². The quantitative estimate of drug-likeness (QED) is 0.428. The summed E-state index contributed by atoms with van der Waals surface area (Å²) in [6, 6.07) is 4.64. The van der Waals surface area contributed by atoms with Gasteiger partial charge in [-0.1, -0.05) is 6.92 Å². The van der Waals surface area contributed by atoms with Crippen molar-refractivity contribution >= 4 is 12.3 Å². The first-order valence-electron chi connectivity index (χ1n) is 4.35. The van der Waals surface area contributed by atoms with Crippen LogP contribution in [0.1, 0.15) is 17.3 Å². The number of methoxy groups -OCH3 is 1. The Morgan fingerprint density at radius 1 is 1.40 bits per heavy atom. The highest BCUT2D eigenvalue weighted by Crippen LogP contribution is 2.22. The van der Waals surface area contributed by atoms with E-state index >= 15 is 0 Å². The zero-order chi connectivity index (χ0) is 11.3. The lowest BCUT2D eigenvalue weighted by Gasteiger charge is -2.06. The van der Waals surface area contributed by atoms with Gasteiger partial charge in [0.05, 0.1) is 19.1 Å². The van der Waals surface area contributed by atoms with Crippen LogP contribution in [0.25, 0.3) is 0 Å². The molecule has 1 radical (unpaired) electrons. The molecule has 4 heteroatoms. The zero-order valence-electron chi connectivity index (χ0n) is 8.52. The zero-order valence-corrected chi connectivity index (χ0v) is 8.52. The average Bonchev–Trinajstić information content (AvgIpc) is 2.29. The van der Waals surface area contributed by atoms with Gasteiger partial charge in [-0.15, -0.1) is 0 Å². The third-order valence-corrected chi connectivity index (χ3v) is 1.79. The molecule has 4 nitrogen and oxygen atoms in total. The number of aldehydes is 1. The van der Waals surface area contributed by atoms with Gasteiger partial charge in [-0.2, -0.15) is 0 Å². The minimum atomic E-state index is -0.497. The Labute approximate surface area is 87.8 Å². The second-order valence-electron chi connectivity index (χ2n) is 2.73. The highest BCUT2D eigenvalue weighted by molar-refractivity contribution is 5.85. The fourth-order valence-corrected chi connectivity index (χ4v) is 1.01. The summed E-state index contributed by atoms with van der Waals surface area (Å²) in [4.78, 5) is 21.7. The molecule has 1 rings (SSSR count). The van der Waals surface area contributed by atoms with E-state index < -0.39 is 5.97 Å². The molecule has 1 aromatic carbocycles. The van der Waals surface area contributed by atoms with Crippen LogP contribution >= 0.6 is 0 Å². The van der Waals surface area contributed by atoms with E-state index in [2.05, 4.69) is 0 Å². The van der Waals surface area contributed by atoms with Crippen LogP contribution in [-0.4, -0.2) is 19.4 Å². The maximum atomic E-state index is 11.0. The summed E-state index contributed by atoms with van der Waals surface area (Å²) in [7, 11) is 1.50. The lowest BCUT2D eigenvalue weighted by Crippen LogP contribution is -2.07. The smallest absolute Gasteiger partial charge is 0.314 e. The molecule has 0 aromatic heterocycles. The normalized spacial score (nSPS) is 9.47. The summed E-state index contributed by atoms with van der Waals surface area (Å²) in [6.45, 7) is 1.56. The van der Waals surface area contributed by atoms with Crippen LogP contribution < -0.4 is 9.47 Å². The number of ether oxygens (including phenoxy) is 2. The summed E-state index contributed by atoms with van der Waals surface area (Å²) < 4.78 is 9.84. The van der Waals surface area contributed by atoms with Gasteiger partial charge in [0.15, 0.2) is 6.29 Å². The Morgan fingerprint density at radius 2 is 2.13 bits per heavy atom. The average molecular weight is 207 g/mol. The number of hydrogen-bond acceptors (Lipinski definition) is 4. The van der Waals surface area contributed by atoms with Gasteiger partial charge < -0.3 is 9.47 Å². The highest BCUT2D eigenvalue weighted by atomic mass is 16.5. The third-order valence-electron chi connectivity index (χ3n) is 1.79. The van der Waals surface area contributed by atoms with Crippen molar-refractivity contribution in [2.75, 3.05) is 7.11 Å². The summed E-state index contributed by atoms with van der Waals surface area (Å²) in [6.07, 6.45) is 1.89. The summed E-state index contributed by atoms with van der Waals surface area (Å²) in [5.41, 5.74) is 0.282. The number of benzene rings is 1. The van der Waals surface area contributed by atoms with E-state index in [0.717, 1.165) is 0 Å². The Balaban J connectivity index is 2.97. The molecule has 0 amide bonds. The molecule has 15 heavy (non-hydrogen) atoms. The number of carbonyl (C=O) groups excluding carboxylic acids is 2. The van der Waals surface area contributed by atoms with Crippen molar-refractivity contribution in [3.63, 3.8) is 0 Å². The van der Waals surface area contributed by atoms with Crippen LogP contribution in [0, 0.1) is 6.42 Å². The van der Waals surface area contributed by atoms with E-state index in [1.165, 1.54) is 25.7 Å². The predicted octanol–water partition coefficient (Wildman–Crippen LogP) is 1.64. The van der Waals surface area contributed by atoms with Crippen LogP contribution in [0.2, 0.25) is 0 Å². The van der Waals surface area contributed by atoms with Crippen LogP contribution in [0.5, 0.6) is 11.5 Å². The molecule has 79 valence electrons. The molecule has 0 aliphatic carbocycles. The van der Waals surface area contributed by atoms with E-state index in [-0.39, 0.29) is 11.3 Å². The van der Waals surface area contributed by atoms with Crippen molar-refractivity contribution in [2.24, 2.45) is 0 Å². The number of carbonyl (C=O) groups is 2. The van der Waals surface area contributed by atoms with Gasteiger partial charge in [-0.3, -0.25) is 9.59 Å². The summed E-state index contributed by atoms with van der Waals surface area (Å²) in [5, 5.41) is 0. The van der Waals surface area contributed by atoms with Gasteiger partial charge in [0.2, 0.25) is 0 Å². The second kappa shape index (κ2) is 5.14. The van der Waals surface area contributed by atoms with E-state index in [9.17, 15) is 9.59 Å². The molecule has 1 aromatic rings. The molecule has 0 aliphatic rings. The lowest BCUT2D eigenvalue weighted by molar-refractivity contribution is -0.130. The van der Waals surface area contributed by atoms with E-state index in [4.69, 9.17) is 9.47 Å². The topological polar surface area (TPSA) is 52.6 Å². The van der Waals surface area contributed by atoms with Gasteiger partial charge in [0, 0.05) is 0 Å². The molecule has 0 heterocycles. The molecule has 0 aliphatic heterocycles. The minimum Gasteiger partial charge on any atom is -0.497 e. The Kier molecular flexibility index (Phi) is 3.85. The SMILES string of the molecule is C[CH]C(=O)Oc1ccc(OC)cc1C=O. The van der Waals surface area contributed by atoms with Crippen molar-refractivity contribution in [2.45, 2.75) is 6.92 Å². The number of esters is 1. The summed E-state index contributed by atoms with van der Waals surface area (Å²) >= 11 is 0.